The molecule has 1 N–H and O–H groups in total. The first-order valence-electron chi connectivity index (χ1n) is 9.08. The van der Waals surface area contributed by atoms with Crippen molar-refractivity contribution in [3.63, 3.8) is 0 Å². The summed E-state index contributed by atoms with van der Waals surface area (Å²) in [5, 5.41) is 11.9. The Morgan fingerprint density at radius 3 is 2.68 bits per heavy atom. The highest BCUT2D eigenvalue weighted by Gasteiger charge is 2.21. The number of amides is 1. The van der Waals surface area contributed by atoms with Crippen molar-refractivity contribution in [2.75, 3.05) is 0 Å². The molecule has 0 unspecified atom stereocenters. The maximum absolute atomic E-state index is 12.5. The van der Waals surface area contributed by atoms with Crippen LogP contribution in [-0.2, 0) is 17.9 Å². The Morgan fingerprint density at radius 2 is 2.04 bits per heavy atom. The lowest BCUT2D eigenvalue weighted by molar-refractivity contribution is -0.120. The van der Waals surface area contributed by atoms with Crippen molar-refractivity contribution in [2.45, 2.75) is 44.3 Å². The number of allylic oxidation sites excluding steroid dienone is 1. The molecule has 0 aliphatic rings. The second-order valence-corrected chi connectivity index (χ2v) is 7.87. The molecule has 7 heteroatoms. The minimum absolute atomic E-state index is 0.0419. The van der Waals surface area contributed by atoms with Gasteiger partial charge in [-0.05, 0) is 32.4 Å². The van der Waals surface area contributed by atoms with E-state index in [9.17, 15) is 4.79 Å². The van der Waals surface area contributed by atoms with E-state index in [1.165, 1.54) is 17.3 Å². The minimum Gasteiger partial charge on any atom is -0.469 e. The number of aromatic nitrogens is 3. The van der Waals surface area contributed by atoms with Crippen LogP contribution in [0.1, 0.15) is 23.8 Å². The van der Waals surface area contributed by atoms with E-state index in [-0.39, 0.29) is 11.2 Å². The molecule has 0 saturated heterocycles. The van der Waals surface area contributed by atoms with Crippen LogP contribution in [0.25, 0.3) is 11.4 Å². The maximum atomic E-state index is 12.5. The maximum Gasteiger partial charge on any atom is 0.233 e. The largest absolute Gasteiger partial charge is 0.469 e. The normalized spacial score (nSPS) is 12.0. The topological polar surface area (TPSA) is 73.0 Å². The Labute approximate surface area is 169 Å². The number of rotatable bonds is 8. The van der Waals surface area contributed by atoms with Gasteiger partial charge in [0.25, 0.3) is 0 Å². The number of carbonyl (C=O) groups is 1. The van der Waals surface area contributed by atoms with Crippen molar-refractivity contribution >= 4 is 17.7 Å². The van der Waals surface area contributed by atoms with Gasteiger partial charge in [-0.2, -0.15) is 0 Å². The summed E-state index contributed by atoms with van der Waals surface area (Å²) in [4.78, 5) is 12.5. The van der Waals surface area contributed by atoms with E-state index < -0.39 is 0 Å². The van der Waals surface area contributed by atoms with Gasteiger partial charge in [-0.15, -0.1) is 16.8 Å². The Balaban J connectivity index is 1.69. The summed E-state index contributed by atoms with van der Waals surface area (Å²) in [5.74, 6) is 1.44. The molecular formula is C21H24N4O2S. The van der Waals surface area contributed by atoms with Gasteiger partial charge in [0.05, 0.1) is 17.1 Å². The number of nitrogens with one attached hydrogen (secondary N) is 1. The summed E-state index contributed by atoms with van der Waals surface area (Å²) < 4.78 is 7.33. The van der Waals surface area contributed by atoms with Gasteiger partial charge in [0, 0.05) is 13.1 Å². The van der Waals surface area contributed by atoms with Gasteiger partial charge in [-0.3, -0.25) is 9.36 Å². The molecule has 0 bridgehead atoms. The zero-order valence-electron chi connectivity index (χ0n) is 16.3. The summed E-state index contributed by atoms with van der Waals surface area (Å²) in [7, 11) is 0. The number of thioether (sulfide) groups is 1. The lowest BCUT2D eigenvalue weighted by Crippen LogP contribution is -2.30. The molecule has 3 rings (SSSR count). The van der Waals surface area contributed by atoms with Crippen LogP contribution in [0.4, 0.5) is 0 Å². The molecule has 3 aromatic rings. The smallest absolute Gasteiger partial charge is 0.233 e. The second-order valence-electron chi connectivity index (χ2n) is 6.56. The van der Waals surface area contributed by atoms with Crippen molar-refractivity contribution in [2.24, 2.45) is 0 Å². The molecule has 2 aromatic heterocycles. The zero-order valence-corrected chi connectivity index (χ0v) is 17.1. The van der Waals surface area contributed by atoms with Gasteiger partial charge in [0.15, 0.2) is 11.0 Å². The van der Waals surface area contributed by atoms with Crippen LogP contribution >= 0.6 is 11.8 Å². The highest BCUT2D eigenvalue weighted by atomic mass is 32.2. The van der Waals surface area contributed by atoms with Crippen molar-refractivity contribution in [3.8, 4) is 11.4 Å². The summed E-state index contributed by atoms with van der Waals surface area (Å²) in [5.41, 5.74) is 3.16. The van der Waals surface area contributed by atoms with E-state index in [1.54, 1.807) is 12.3 Å². The standard InChI is InChI=1S/C21H24N4O2S/c1-5-11-25-19(18-10-12-27-15(18)3)23-24-21(25)28-16(4)20(26)22-13-17-8-6-14(2)7-9-17/h5-10,12,16H,1,11,13H2,2-4H3,(H,22,26)/t16-/m1/s1. The second kappa shape index (κ2) is 8.93. The summed E-state index contributed by atoms with van der Waals surface area (Å²) in [6.45, 7) is 10.7. The van der Waals surface area contributed by atoms with E-state index in [0.29, 0.717) is 24.1 Å². The number of nitrogens with zero attached hydrogens (tertiary/aromatic N) is 3. The zero-order chi connectivity index (χ0) is 20.1. The van der Waals surface area contributed by atoms with Gasteiger partial charge >= 0.3 is 0 Å². The first-order chi connectivity index (χ1) is 13.5. The van der Waals surface area contributed by atoms with E-state index >= 15 is 0 Å². The van der Waals surface area contributed by atoms with Crippen LogP contribution in [0.2, 0.25) is 0 Å². The molecule has 2 heterocycles. The molecule has 0 fully saturated rings. The van der Waals surface area contributed by atoms with Gasteiger partial charge in [-0.1, -0.05) is 47.7 Å². The summed E-state index contributed by atoms with van der Waals surface area (Å²) in [6, 6.07) is 9.99. The SMILES string of the molecule is C=CCn1c(S[C@H](C)C(=O)NCc2ccc(C)cc2)nnc1-c1ccoc1C. The third-order valence-corrected chi connectivity index (χ3v) is 5.45. The number of carbonyl (C=O) groups excluding carboxylic acids is 1. The molecule has 0 spiro atoms. The highest BCUT2D eigenvalue weighted by Crippen LogP contribution is 2.29. The predicted molar refractivity (Wildman–Crippen MR) is 111 cm³/mol. The highest BCUT2D eigenvalue weighted by molar-refractivity contribution is 8.00. The third kappa shape index (κ3) is 4.54. The first kappa shape index (κ1) is 19.9. The van der Waals surface area contributed by atoms with Gasteiger partial charge in [-0.25, -0.2) is 0 Å². The van der Waals surface area contributed by atoms with Crippen LogP contribution in [0.3, 0.4) is 0 Å². The lowest BCUT2D eigenvalue weighted by atomic mass is 10.1. The molecule has 1 atom stereocenters. The molecule has 1 amide bonds. The Hall–Kier alpha value is -2.80. The molecule has 0 saturated carbocycles. The van der Waals surface area contributed by atoms with E-state index in [2.05, 4.69) is 22.1 Å². The summed E-state index contributed by atoms with van der Waals surface area (Å²) in [6.07, 6.45) is 3.42. The van der Waals surface area contributed by atoms with E-state index in [1.807, 2.05) is 55.7 Å². The Bertz CT molecular complexity index is 959. The van der Waals surface area contributed by atoms with E-state index in [0.717, 1.165) is 16.9 Å². The third-order valence-electron chi connectivity index (χ3n) is 4.37. The molecule has 1 aromatic carbocycles. The quantitative estimate of drug-likeness (QED) is 0.458. The van der Waals surface area contributed by atoms with Crippen LogP contribution in [-0.4, -0.2) is 25.9 Å². The fourth-order valence-corrected chi connectivity index (χ4v) is 3.62. The first-order valence-corrected chi connectivity index (χ1v) is 9.96. The molecule has 0 aliphatic carbocycles. The Kier molecular flexibility index (Phi) is 6.36. The average Bonchev–Trinajstić information content (AvgIpc) is 3.27. The predicted octanol–water partition coefficient (Wildman–Crippen LogP) is 4.14. The average molecular weight is 397 g/mol. The van der Waals surface area contributed by atoms with Gasteiger partial charge in [0.2, 0.25) is 5.91 Å². The lowest BCUT2D eigenvalue weighted by Gasteiger charge is -2.13. The summed E-state index contributed by atoms with van der Waals surface area (Å²) >= 11 is 1.38. The van der Waals surface area contributed by atoms with Crippen LogP contribution in [0.15, 0.2) is 58.8 Å². The molecule has 6 nitrogen and oxygen atoms in total. The monoisotopic (exact) mass is 396 g/mol. The molecule has 0 radical (unpaired) electrons. The fourth-order valence-electron chi connectivity index (χ4n) is 2.74. The van der Waals surface area contributed by atoms with Crippen LogP contribution in [0.5, 0.6) is 0 Å². The number of benzene rings is 1. The van der Waals surface area contributed by atoms with Crippen LogP contribution < -0.4 is 5.32 Å². The van der Waals surface area contributed by atoms with Gasteiger partial charge in [0.1, 0.15) is 5.76 Å². The van der Waals surface area contributed by atoms with Crippen molar-refractivity contribution in [1.82, 2.24) is 20.1 Å². The van der Waals surface area contributed by atoms with Crippen molar-refractivity contribution < 1.29 is 9.21 Å². The van der Waals surface area contributed by atoms with Gasteiger partial charge < -0.3 is 9.73 Å². The van der Waals surface area contributed by atoms with E-state index in [4.69, 9.17) is 4.42 Å². The number of aryl methyl sites for hydroxylation is 2. The fraction of sp³-hybridized carbons (Fsp3) is 0.286. The van der Waals surface area contributed by atoms with Crippen molar-refractivity contribution in [3.05, 3.63) is 66.1 Å². The number of furan rings is 1. The molecule has 28 heavy (non-hydrogen) atoms. The van der Waals surface area contributed by atoms with Crippen LogP contribution in [0, 0.1) is 13.8 Å². The molecular weight excluding hydrogens is 372 g/mol. The van der Waals surface area contributed by atoms with Crippen molar-refractivity contribution in [1.29, 1.82) is 0 Å². The minimum atomic E-state index is -0.309. The number of hydrogen-bond acceptors (Lipinski definition) is 5. The molecule has 0 aliphatic heterocycles. The number of hydrogen-bond donors (Lipinski definition) is 1. The molecule has 146 valence electrons. The Morgan fingerprint density at radius 1 is 1.29 bits per heavy atom.